The van der Waals surface area contributed by atoms with Gasteiger partial charge < -0.3 is 15.1 Å². The van der Waals surface area contributed by atoms with Gasteiger partial charge in [-0.05, 0) is 74.8 Å². The second-order valence-electron chi connectivity index (χ2n) is 9.66. The minimum absolute atomic E-state index is 0.0406. The fraction of sp³-hybridized carbons (Fsp3) is 0.571. The molecule has 1 fully saturated rings. The molecule has 34 heavy (non-hydrogen) atoms. The van der Waals surface area contributed by atoms with Crippen LogP contribution in [-0.4, -0.2) is 53.8 Å². The molecule has 6 heteroatoms. The van der Waals surface area contributed by atoms with E-state index in [0.717, 1.165) is 75.0 Å². The van der Waals surface area contributed by atoms with Crippen molar-refractivity contribution < 1.29 is 9.59 Å². The van der Waals surface area contributed by atoms with Gasteiger partial charge in [-0.1, -0.05) is 51.0 Å². The fourth-order valence-corrected chi connectivity index (χ4v) is 6.63. The zero-order valence-corrected chi connectivity index (χ0v) is 21.5. The van der Waals surface area contributed by atoms with Crippen LogP contribution in [0.5, 0.6) is 0 Å². The summed E-state index contributed by atoms with van der Waals surface area (Å²) >= 11 is 1.65. The van der Waals surface area contributed by atoms with Crippen LogP contribution in [0.2, 0.25) is 0 Å². The number of benzene rings is 1. The third kappa shape index (κ3) is 5.38. The largest absolute Gasteiger partial charge is 0.355 e. The van der Waals surface area contributed by atoms with E-state index in [4.69, 9.17) is 0 Å². The Balaban J connectivity index is 1.57. The van der Waals surface area contributed by atoms with E-state index in [1.807, 2.05) is 30.3 Å². The topological polar surface area (TPSA) is 52.7 Å². The zero-order valence-electron chi connectivity index (χ0n) is 20.7. The summed E-state index contributed by atoms with van der Waals surface area (Å²) in [5.41, 5.74) is 1.57. The Labute approximate surface area is 208 Å². The molecule has 1 aliphatic carbocycles. The van der Waals surface area contributed by atoms with Crippen molar-refractivity contribution in [2.24, 2.45) is 0 Å². The Bertz CT molecular complexity index is 933. The van der Waals surface area contributed by atoms with Crippen LogP contribution in [0.1, 0.15) is 91.6 Å². The van der Waals surface area contributed by atoms with Gasteiger partial charge in [-0.3, -0.25) is 9.59 Å². The number of hydrogen-bond donors (Lipinski definition) is 1. The molecule has 1 N–H and O–H groups in total. The van der Waals surface area contributed by atoms with E-state index in [0.29, 0.717) is 12.1 Å². The van der Waals surface area contributed by atoms with E-state index in [9.17, 15) is 9.59 Å². The molecule has 1 aromatic carbocycles. The third-order valence-corrected chi connectivity index (χ3v) is 8.18. The monoisotopic (exact) mass is 481 g/mol. The predicted molar refractivity (Wildman–Crippen MR) is 139 cm³/mol. The van der Waals surface area contributed by atoms with E-state index >= 15 is 0 Å². The lowest BCUT2D eigenvalue weighted by molar-refractivity contribution is -0.124. The molecule has 0 radical (unpaired) electrons. The molecule has 2 aliphatic rings. The lowest BCUT2D eigenvalue weighted by Crippen LogP contribution is -2.50. The van der Waals surface area contributed by atoms with Crippen LogP contribution < -0.4 is 5.32 Å². The van der Waals surface area contributed by atoms with Crippen molar-refractivity contribution in [1.29, 1.82) is 0 Å². The molecule has 5 nitrogen and oxygen atoms in total. The van der Waals surface area contributed by atoms with E-state index in [1.54, 1.807) is 11.3 Å². The van der Waals surface area contributed by atoms with Gasteiger partial charge in [-0.2, -0.15) is 0 Å². The highest BCUT2D eigenvalue weighted by Gasteiger charge is 2.47. The molecule has 184 valence electrons. The maximum absolute atomic E-state index is 13.8. The summed E-state index contributed by atoms with van der Waals surface area (Å²) in [6.07, 6.45) is 7.59. The average Bonchev–Trinajstić information content (AvgIpc) is 3.56. The van der Waals surface area contributed by atoms with Crippen molar-refractivity contribution in [3.63, 3.8) is 0 Å². The smallest absolute Gasteiger partial charge is 0.254 e. The van der Waals surface area contributed by atoms with Gasteiger partial charge in [0.15, 0.2) is 0 Å². The quantitative estimate of drug-likeness (QED) is 0.425. The number of rotatable bonds is 11. The lowest BCUT2D eigenvalue weighted by atomic mass is 9.80. The number of fused-ring (bicyclic) bond motifs is 1. The van der Waals surface area contributed by atoms with E-state index in [1.165, 1.54) is 0 Å². The van der Waals surface area contributed by atoms with Crippen molar-refractivity contribution in [2.75, 3.05) is 26.2 Å². The number of thiophene rings is 1. The molecule has 1 aliphatic heterocycles. The molecule has 2 atom stereocenters. The van der Waals surface area contributed by atoms with E-state index < -0.39 is 0 Å². The fourth-order valence-electron chi connectivity index (χ4n) is 5.77. The van der Waals surface area contributed by atoms with Gasteiger partial charge in [0.2, 0.25) is 5.91 Å². The van der Waals surface area contributed by atoms with Crippen LogP contribution in [0.25, 0.3) is 0 Å². The molecule has 4 rings (SSSR count). The highest BCUT2D eigenvalue weighted by molar-refractivity contribution is 7.10. The van der Waals surface area contributed by atoms with Crippen LogP contribution >= 0.6 is 11.3 Å². The Morgan fingerprint density at radius 2 is 1.79 bits per heavy atom. The molecule has 2 heterocycles. The van der Waals surface area contributed by atoms with Crippen molar-refractivity contribution in [1.82, 2.24) is 15.1 Å². The van der Waals surface area contributed by atoms with Crippen LogP contribution in [0, 0.1) is 0 Å². The van der Waals surface area contributed by atoms with E-state index in [2.05, 4.69) is 40.4 Å². The van der Waals surface area contributed by atoms with Crippen LogP contribution in [-0.2, 0) is 4.79 Å². The summed E-state index contributed by atoms with van der Waals surface area (Å²) in [6.45, 7) is 8.31. The SMILES string of the molecule is CCCN(CCC)CCCNC(=O)[C@H]1c2ccccc2C(=O)N(C2CCCC2)[C@@H]1c1cccs1. The molecule has 2 aromatic rings. The number of carbonyl (C=O) groups excluding carboxylic acids is 2. The number of nitrogens with one attached hydrogen (secondary N) is 1. The van der Waals surface area contributed by atoms with Crippen molar-refractivity contribution in [3.8, 4) is 0 Å². The number of carbonyl (C=O) groups is 2. The first-order valence-electron chi connectivity index (χ1n) is 13.1. The third-order valence-electron chi connectivity index (χ3n) is 7.24. The van der Waals surface area contributed by atoms with Crippen LogP contribution in [0.15, 0.2) is 41.8 Å². The van der Waals surface area contributed by atoms with Crippen molar-refractivity contribution in [2.45, 2.75) is 76.8 Å². The maximum atomic E-state index is 13.8. The zero-order chi connectivity index (χ0) is 23.9. The van der Waals surface area contributed by atoms with Gasteiger partial charge in [0.1, 0.15) is 0 Å². The highest BCUT2D eigenvalue weighted by Crippen LogP contribution is 2.47. The summed E-state index contributed by atoms with van der Waals surface area (Å²) in [6, 6.07) is 11.8. The molecule has 0 spiro atoms. The van der Waals surface area contributed by atoms with Gasteiger partial charge in [-0.25, -0.2) is 0 Å². The van der Waals surface area contributed by atoms with Gasteiger partial charge >= 0.3 is 0 Å². The van der Waals surface area contributed by atoms with Gasteiger partial charge in [0.25, 0.3) is 5.91 Å². The molecule has 0 unspecified atom stereocenters. The molecular weight excluding hydrogens is 442 g/mol. The van der Waals surface area contributed by atoms with Gasteiger partial charge in [0, 0.05) is 23.0 Å². The minimum Gasteiger partial charge on any atom is -0.355 e. The molecule has 0 saturated heterocycles. The number of hydrogen-bond acceptors (Lipinski definition) is 4. The standard InChI is InChI=1S/C28H39N3O2S/c1-3-17-30(18-4-2)19-10-16-29-27(32)25-22-13-7-8-14-23(22)28(33)31(21-11-5-6-12-21)26(25)24-15-9-20-34-24/h7-9,13-15,20-21,25-26H,3-6,10-12,16-19H2,1-2H3,(H,29,32)/t25-,26+/m0/s1. The summed E-state index contributed by atoms with van der Waals surface area (Å²) in [4.78, 5) is 33.2. The molecule has 1 saturated carbocycles. The highest BCUT2D eigenvalue weighted by atomic mass is 32.1. The van der Waals surface area contributed by atoms with Gasteiger partial charge in [-0.15, -0.1) is 11.3 Å². The second kappa shape index (κ2) is 12.0. The normalized spacial score (nSPS) is 20.7. The minimum atomic E-state index is -0.379. The number of nitrogens with zero attached hydrogens (tertiary/aromatic N) is 2. The Kier molecular flexibility index (Phi) is 8.79. The van der Waals surface area contributed by atoms with Crippen molar-refractivity contribution >= 4 is 23.2 Å². The van der Waals surface area contributed by atoms with Crippen LogP contribution in [0.3, 0.4) is 0 Å². The van der Waals surface area contributed by atoms with Crippen molar-refractivity contribution in [3.05, 3.63) is 57.8 Å². The average molecular weight is 482 g/mol. The summed E-state index contributed by atoms with van der Waals surface area (Å²) in [5.74, 6) is -0.255. The summed E-state index contributed by atoms with van der Waals surface area (Å²) in [7, 11) is 0. The predicted octanol–water partition coefficient (Wildman–Crippen LogP) is 5.60. The summed E-state index contributed by atoms with van der Waals surface area (Å²) < 4.78 is 0. The Hall–Kier alpha value is -2.18. The lowest BCUT2D eigenvalue weighted by Gasteiger charge is -2.44. The molecule has 0 bridgehead atoms. The Morgan fingerprint density at radius 1 is 1.06 bits per heavy atom. The Morgan fingerprint density at radius 3 is 2.47 bits per heavy atom. The molecular formula is C28H39N3O2S. The molecule has 1 aromatic heterocycles. The first kappa shape index (κ1) is 24.9. The number of amides is 2. The second-order valence-corrected chi connectivity index (χ2v) is 10.6. The first-order chi connectivity index (χ1) is 16.7. The van der Waals surface area contributed by atoms with Crippen LogP contribution in [0.4, 0.5) is 0 Å². The maximum Gasteiger partial charge on any atom is 0.254 e. The summed E-state index contributed by atoms with van der Waals surface area (Å²) in [5, 5.41) is 5.31. The van der Waals surface area contributed by atoms with E-state index in [-0.39, 0.29) is 29.8 Å². The molecule has 2 amide bonds. The van der Waals surface area contributed by atoms with Gasteiger partial charge in [0.05, 0.1) is 12.0 Å². The first-order valence-corrected chi connectivity index (χ1v) is 14.0.